The molecule has 1 N–H and O–H groups in total. The van der Waals surface area contributed by atoms with E-state index in [-0.39, 0.29) is 5.91 Å². The van der Waals surface area contributed by atoms with Gasteiger partial charge >= 0.3 is 0 Å². The van der Waals surface area contributed by atoms with E-state index in [0.717, 1.165) is 11.3 Å². The number of aromatic nitrogens is 6. The van der Waals surface area contributed by atoms with Crippen LogP contribution in [-0.2, 0) is 0 Å². The molecule has 0 saturated heterocycles. The van der Waals surface area contributed by atoms with Crippen molar-refractivity contribution >= 4 is 22.8 Å². The van der Waals surface area contributed by atoms with Crippen LogP contribution in [0.4, 0.5) is 10.2 Å². The van der Waals surface area contributed by atoms with E-state index >= 15 is 0 Å². The van der Waals surface area contributed by atoms with Gasteiger partial charge in [-0.15, -0.1) is 0 Å². The number of amides is 1. The second-order valence-electron chi connectivity index (χ2n) is 7.80. The van der Waals surface area contributed by atoms with Crippen molar-refractivity contribution < 1.29 is 9.18 Å². The van der Waals surface area contributed by atoms with Crippen molar-refractivity contribution in [2.75, 3.05) is 5.32 Å². The number of carbonyl (C=O) groups excluding carboxylic acids is 1. The van der Waals surface area contributed by atoms with E-state index in [1.54, 1.807) is 21.6 Å². The van der Waals surface area contributed by atoms with Gasteiger partial charge in [-0.2, -0.15) is 14.9 Å². The first kappa shape index (κ1) is 20.5. The molecule has 5 rings (SSSR count). The van der Waals surface area contributed by atoms with E-state index in [1.807, 2.05) is 26.0 Å². The standard InChI is InChI=1S/C24H20FN7O/c1-14-4-9-19(10-15(14)2)31-22-20(12-28-31)23(27-13-26-22)32-21(11-16(3)30-32)29-24(33)17-5-7-18(25)8-6-17/h4-13H,1-3H3,(H,29,33). The van der Waals surface area contributed by atoms with Crippen molar-refractivity contribution in [3.63, 3.8) is 0 Å². The van der Waals surface area contributed by atoms with Crippen molar-refractivity contribution in [3.8, 4) is 11.5 Å². The molecular weight excluding hydrogens is 421 g/mol. The lowest BCUT2D eigenvalue weighted by Crippen LogP contribution is -2.15. The third kappa shape index (κ3) is 3.73. The summed E-state index contributed by atoms with van der Waals surface area (Å²) < 4.78 is 16.5. The van der Waals surface area contributed by atoms with Gasteiger partial charge in [-0.3, -0.25) is 4.79 Å². The summed E-state index contributed by atoms with van der Waals surface area (Å²) in [6.45, 7) is 5.93. The molecule has 3 heterocycles. The van der Waals surface area contributed by atoms with Gasteiger partial charge < -0.3 is 5.32 Å². The number of benzene rings is 2. The lowest BCUT2D eigenvalue weighted by molar-refractivity contribution is 0.102. The monoisotopic (exact) mass is 441 g/mol. The number of nitrogens with zero attached hydrogens (tertiary/aromatic N) is 6. The highest BCUT2D eigenvalue weighted by Crippen LogP contribution is 2.25. The van der Waals surface area contributed by atoms with Crippen LogP contribution in [-0.4, -0.2) is 35.4 Å². The number of nitrogens with one attached hydrogen (secondary N) is 1. The minimum atomic E-state index is -0.406. The summed E-state index contributed by atoms with van der Waals surface area (Å²) >= 11 is 0. The zero-order valence-corrected chi connectivity index (χ0v) is 18.2. The van der Waals surface area contributed by atoms with Gasteiger partial charge in [0.2, 0.25) is 0 Å². The van der Waals surface area contributed by atoms with E-state index in [0.29, 0.717) is 33.9 Å². The molecule has 0 aliphatic heterocycles. The van der Waals surface area contributed by atoms with E-state index in [9.17, 15) is 9.18 Å². The van der Waals surface area contributed by atoms with Crippen LogP contribution in [0.5, 0.6) is 0 Å². The average Bonchev–Trinajstić information content (AvgIpc) is 3.39. The first-order valence-corrected chi connectivity index (χ1v) is 10.3. The molecule has 0 spiro atoms. The van der Waals surface area contributed by atoms with E-state index in [2.05, 4.69) is 38.5 Å². The van der Waals surface area contributed by atoms with Crippen molar-refractivity contribution in [1.82, 2.24) is 29.5 Å². The molecule has 0 saturated carbocycles. The highest BCUT2D eigenvalue weighted by Gasteiger charge is 2.18. The number of rotatable bonds is 4. The van der Waals surface area contributed by atoms with Crippen LogP contribution >= 0.6 is 0 Å². The quantitative estimate of drug-likeness (QED) is 0.449. The predicted molar refractivity (Wildman–Crippen MR) is 122 cm³/mol. The number of anilines is 1. The van der Waals surface area contributed by atoms with Crippen LogP contribution in [0.1, 0.15) is 27.2 Å². The van der Waals surface area contributed by atoms with Gasteiger partial charge in [0.1, 0.15) is 18.0 Å². The lowest BCUT2D eigenvalue weighted by atomic mass is 10.1. The van der Waals surface area contributed by atoms with Gasteiger partial charge in [-0.25, -0.2) is 19.0 Å². The van der Waals surface area contributed by atoms with Crippen LogP contribution in [0.25, 0.3) is 22.5 Å². The number of hydrogen-bond acceptors (Lipinski definition) is 5. The van der Waals surface area contributed by atoms with Crippen LogP contribution in [0.15, 0.2) is 61.1 Å². The molecule has 33 heavy (non-hydrogen) atoms. The van der Waals surface area contributed by atoms with Gasteiger partial charge in [0, 0.05) is 11.6 Å². The summed E-state index contributed by atoms with van der Waals surface area (Å²) in [7, 11) is 0. The molecule has 0 aliphatic rings. The fourth-order valence-electron chi connectivity index (χ4n) is 3.59. The van der Waals surface area contributed by atoms with E-state index < -0.39 is 5.82 Å². The second-order valence-corrected chi connectivity index (χ2v) is 7.80. The fraction of sp³-hybridized carbons (Fsp3) is 0.125. The van der Waals surface area contributed by atoms with Crippen molar-refractivity contribution in [3.05, 3.63) is 89.3 Å². The molecule has 0 atom stereocenters. The number of fused-ring (bicyclic) bond motifs is 1. The van der Waals surface area contributed by atoms with E-state index in [4.69, 9.17) is 0 Å². The van der Waals surface area contributed by atoms with Gasteiger partial charge in [0.15, 0.2) is 11.5 Å². The molecule has 0 aliphatic carbocycles. The molecule has 0 fully saturated rings. The highest BCUT2D eigenvalue weighted by atomic mass is 19.1. The summed E-state index contributed by atoms with van der Waals surface area (Å²) in [6.07, 6.45) is 3.13. The number of hydrogen-bond donors (Lipinski definition) is 1. The SMILES string of the molecule is Cc1cc(NC(=O)c2ccc(F)cc2)n(-c2ncnc3c2cnn3-c2ccc(C)c(C)c2)n1. The zero-order valence-electron chi connectivity index (χ0n) is 18.2. The fourth-order valence-corrected chi connectivity index (χ4v) is 3.59. The number of carbonyl (C=O) groups is 1. The first-order valence-electron chi connectivity index (χ1n) is 10.3. The minimum absolute atomic E-state index is 0.331. The Bertz CT molecular complexity index is 1500. The predicted octanol–water partition coefficient (Wildman–Crippen LogP) is 4.32. The molecule has 5 aromatic rings. The summed E-state index contributed by atoms with van der Waals surface area (Å²) in [5.41, 5.74) is 4.87. The third-order valence-electron chi connectivity index (χ3n) is 5.46. The number of aryl methyl sites for hydroxylation is 3. The summed E-state index contributed by atoms with van der Waals surface area (Å²) in [4.78, 5) is 21.6. The Morgan fingerprint density at radius 1 is 0.939 bits per heavy atom. The molecule has 164 valence electrons. The smallest absolute Gasteiger partial charge is 0.256 e. The maximum Gasteiger partial charge on any atom is 0.256 e. The third-order valence-corrected chi connectivity index (χ3v) is 5.46. The van der Waals surface area contributed by atoms with Crippen molar-refractivity contribution in [2.24, 2.45) is 0 Å². The topological polar surface area (TPSA) is 90.5 Å². The molecule has 2 aromatic carbocycles. The molecule has 0 radical (unpaired) electrons. The van der Waals surface area contributed by atoms with Crippen LogP contribution in [0.3, 0.4) is 0 Å². The number of halogens is 1. The summed E-state index contributed by atoms with van der Waals surface area (Å²) in [5.74, 6) is 0.127. The maximum atomic E-state index is 13.2. The van der Waals surface area contributed by atoms with Gasteiger partial charge in [-0.1, -0.05) is 6.07 Å². The maximum absolute atomic E-state index is 13.2. The molecule has 0 bridgehead atoms. The Hall–Kier alpha value is -4.40. The van der Waals surface area contributed by atoms with Crippen molar-refractivity contribution in [1.29, 1.82) is 0 Å². The Morgan fingerprint density at radius 3 is 2.48 bits per heavy atom. The molecular formula is C24H20FN7O. The minimum Gasteiger partial charge on any atom is -0.306 e. The first-order chi connectivity index (χ1) is 15.9. The molecule has 1 amide bonds. The summed E-state index contributed by atoms with van der Waals surface area (Å²) in [5, 5.41) is 12.6. The second kappa shape index (κ2) is 7.94. The zero-order chi connectivity index (χ0) is 23.1. The van der Waals surface area contributed by atoms with Crippen molar-refractivity contribution in [2.45, 2.75) is 20.8 Å². The van der Waals surface area contributed by atoms with Gasteiger partial charge in [0.05, 0.1) is 23.0 Å². The largest absolute Gasteiger partial charge is 0.306 e. The summed E-state index contributed by atoms with van der Waals surface area (Å²) in [6, 6.07) is 13.2. The molecule has 3 aromatic heterocycles. The Kier molecular flexibility index (Phi) is 4.93. The Balaban J connectivity index is 1.56. The molecule has 0 unspecified atom stereocenters. The molecule has 8 nitrogen and oxygen atoms in total. The molecule has 9 heteroatoms. The Morgan fingerprint density at radius 2 is 1.73 bits per heavy atom. The highest BCUT2D eigenvalue weighted by molar-refractivity contribution is 6.04. The Labute approximate surface area is 188 Å². The van der Waals surface area contributed by atoms with E-state index in [1.165, 1.54) is 36.2 Å². The normalized spacial score (nSPS) is 11.2. The van der Waals surface area contributed by atoms with Crippen LogP contribution in [0.2, 0.25) is 0 Å². The van der Waals surface area contributed by atoms with Crippen LogP contribution in [0, 0.1) is 26.6 Å². The van der Waals surface area contributed by atoms with Crippen LogP contribution < -0.4 is 5.32 Å². The lowest BCUT2D eigenvalue weighted by Gasteiger charge is -2.10. The van der Waals surface area contributed by atoms with Gasteiger partial charge in [0.25, 0.3) is 5.91 Å². The average molecular weight is 441 g/mol. The van der Waals surface area contributed by atoms with Gasteiger partial charge in [-0.05, 0) is 68.3 Å².